The molecule has 0 bridgehead atoms. The van der Waals surface area contributed by atoms with Crippen molar-refractivity contribution in [2.45, 2.75) is 26.3 Å². The quantitative estimate of drug-likeness (QED) is 0.715. The number of benzene rings is 2. The summed E-state index contributed by atoms with van der Waals surface area (Å²) < 4.78 is 0. The van der Waals surface area contributed by atoms with Gasteiger partial charge in [0, 0.05) is 10.7 Å². The molecule has 2 aromatic carbocycles. The molecule has 0 aliphatic carbocycles. The van der Waals surface area contributed by atoms with Crippen molar-refractivity contribution in [2.24, 2.45) is 5.92 Å². The molecule has 1 atom stereocenters. The molecular formula is C18H21ClN2S. The highest BCUT2D eigenvalue weighted by Crippen LogP contribution is 2.21. The molecule has 0 amide bonds. The maximum Gasteiger partial charge on any atom is 0.171 e. The third kappa shape index (κ3) is 5.32. The lowest BCUT2D eigenvalue weighted by molar-refractivity contribution is 0.481. The Morgan fingerprint density at radius 2 is 1.82 bits per heavy atom. The van der Waals surface area contributed by atoms with Crippen LogP contribution < -0.4 is 10.6 Å². The van der Waals surface area contributed by atoms with Gasteiger partial charge >= 0.3 is 0 Å². The highest BCUT2D eigenvalue weighted by molar-refractivity contribution is 7.80. The van der Waals surface area contributed by atoms with Gasteiger partial charge in [-0.2, -0.15) is 0 Å². The first-order valence-corrected chi connectivity index (χ1v) is 8.21. The van der Waals surface area contributed by atoms with Crippen molar-refractivity contribution >= 4 is 34.6 Å². The summed E-state index contributed by atoms with van der Waals surface area (Å²) >= 11 is 11.4. The van der Waals surface area contributed by atoms with Gasteiger partial charge in [0.15, 0.2) is 5.11 Å². The van der Waals surface area contributed by atoms with Crippen LogP contribution in [0.2, 0.25) is 5.02 Å². The number of anilines is 1. The number of halogens is 1. The minimum Gasteiger partial charge on any atom is -0.356 e. The lowest BCUT2D eigenvalue weighted by Crippen LogP contribution is -2.33. The van der Waals surface area contributed by atoms with Gasteiger partial charge in [0.1, 0.15) is 0 Å². The molecule has 0 aliphatic heterocycles. The molecular weight excluding hydrogens is 312 g/mol. The summed E-state index contributed by atoms with van der Waals surface area (Å²) in [5, 5.41) is 7.90. The van der Waals surface area contributed by atoms with Crippen LogP contribution in [0.5, 0.6) is 0 Å². The van der Waals surface area contributed by atoms with Gasteiger partial charge in [-0.3, -0.25) is 0 Å². The van der Waals surface area contributed by atoms with Crippen LogP contribution in [0.4, 0.5) is 5.69 Å². The molecule has 0 aliphatic rings. The highest BCUT2D eigenvalue weighted by atomic mass is 35.5. The average Bonchev–Trinajstić information content (AvgIpc) is 2.47. The summed E-state index contributed by atoms with van der Waals surface area (Å²) in [4.78, 5) is 0. The molecule has 0 unspecified atom stereocenters. The number of nitrogens with one attached hydrogen (secondary N) is 2. The van der Waals surface area contributed by atoms with Crippen LogP contribution in [0.1, 0.15) is 31.9 Å². The van der Waals surface area contributed by atoms with E-state index in [0.717, 1.165) is 12.1 Å². The second-order valence-corrected chi connectivity index (χ2v) is 6.55. The summed E-state index contributed by atoms with van der Waals surface area (Å²) in [6.45, 7) is 4.43. The predicted octanol–water partition coefficient (Wildman–Crippen LogP) is 5.41. The van der Waals surface area contributed by atoms with Gasteiger partial charge in [-0.05, 0) is 48.3 Å². The fourth-order valence-electron chi connectivity index (χ4n) is 2.33. The van der Waals surface area contributed by atoms with Crippen molar-refractivity contribution in [2.75, 3.05) is 5.32 Å². The van der Waals surface area contributed by atoms with E-state index in [2.05, 4.69) is 48.7 Å². The van der Waals surface area contributed by atoms with Crippen molar-refractivity contribution in [3.05, 3.63) is 65.2 Å². The largest absolute Gasteiger partial charge is 0.356 e. The minimum absolute atomic E-state index is 0.195. The van der Waals surface area contributed by atoms with Crippen LogP contribution in [0, 0.1) is 5.92 Å². The first-order valence-electron chi connectivity index (χ1n) is 7.42. The van der Waals surface area contributed by atoms with Crippen molar-refractivity contribution in [1.82, 2.24) is 5.32 Å². The minimum atomic E-state index is 0.195. The predicted molar refractivity (Wildman–Crippen MR) is 99.4 cm³/mol. The second kappa shape index (κ2) is 8.16. The first kappa shape index (κ1) is 16.8. The molecule has 2 nitrogen and oxygen atoms in total. The fraction of sp³-hybridized carbons (Fsp3) is 0.278. The topological polar surface area (TPSA) is 24.1 Å². The van der Waals surface area contributed by atoms with E-state index >= 15 is 0 Å². The summed E-state index contributed by atoms with van der Waals surface area (Å²) in [6.07, 6.45) is 1.02. The molecule has 2 rings (SSSR count). The molecule has 22 heavy (non-hydrogen) atoms. The van der Waals surface area contributed by atoms with E-state index in [9.17, 15) is 0 Å². The zero-order valence-corrected chi connectivity index (χ0v) is 14.4. The Morgan fingerprint density at radius 3 is 2.45 bits per heavy atom. The van der Waals surface area contributed by atoms with E-state index in [0.29, 0.717) is 16.1 Å². The van der Waals surface area contributed by atoms with Crippen molar-refractivity contribution in [1.29, 1.82) is 0 Å². The molecule has 0 saturated carbocycles. The molecule has 0 fully saturated rings. The Kier molecular flexibility index (Phi) is 6.22. The van der Waals surface area contributed by atoms with E-state index in [1.807, 2.05) is 30.3 Å². The average molecular weight is 333 g/mol. The number of hydrogen-bond acceptors (Lipinski definition) is 1. The van der Waals surface area contributed by atoms with E-state index in [1.54, 1.807) is 0 Å². The van der Waals surface area contributed by atoms with E-state index in [-0.39, 0.29) is 6.04 Å². The molecule has 0 saturated heterocycles. The Bertz CT molecular complexity index is 613. The SMILES string of the molecule is CC(C)C[C@H](NC(=S)Nc1cccc(Cl)c1)c1ccccc1. The Hall–Kier alpha value is -1.58. The second-order valence-electron chi connectivity index (χ2n) is 5.70. The van der Waals surface area contributed by atoms with Crippen LogP contribution >= 0.6 is 23.8 Å². The smallest absolute Gasteiger partial charge is 0.171 e. The molecule has 4 heteroatoms. The van der Waals surface area contributed by atoms with E-state index in [1.165, 1.54) is 5.56 Å². The summed E-state index contributed by atoms with van der Waals surface area (Å²) in [7, 11) is 0. The van der Waals surface area contributed by atoms with Gasteiger partial charge < -0.3 is 10.6 Å². The molecule has 116 valence electrons. The van der Waals surface area contributed by atoms with Gasteiger partial charge in [0.05, 0.1) is 6.04 Å². The molecule has 2 N–H and O–H groups in total. The van der Waals surface area contributed by atoms with Gasteiger partial charge in [-0.15, -0.1) is 0 Å². The van der Waals surface area contributed by atoms with Crippen molar-refractivity contribution < 1.29 is 0 Å². The van der Waals surface area contributed by atoms with Gasteiger partial charge in [0.2, 0.25) is 0 Å². The Labute approximate surface area is 142 Å². The molecule has 2 aromatic rings. The maximum atomic E-state index is 6.00. The highest BCUT2D eigenvalue weighted by Gasteiger charge is 2.14. The van der Waals surface area contributed by atoms with E-state index in [4.69, 9.17) is 23.8 Å². The Balaban J connectivity index is 2.05. The van der Waals surface area contributed by atoms with Crippen molar-refractivity contribution in [3.8, 4) is 0 Å². The third-order valence-electron chi connectivity index (χ3n) is 3.30. The standard InChI is InChI=1S/C18H21ClN2S/c1-13(2)11-17(14-7-4-3-5-8-14)21-18(22)20-16-10-6-9-15(19)12-16/h3-10,12-13,17H,11H2,1-2H3,(H2,20,21,22)/t17-/m0/s1. The van der Waals surface area contributed by atoms with Crippen LogP contribution in [0.15, 0.2) is 54.6 Å². The van der Waals surface area contributed by atoms with E-state index < -0.39 is 0 Å². The van der Waals surface area contributed by atoms with Crippen LogP contribution in [0.3, 0.4) is 0 Å². The van der Waals surface area contributed by atoms with Crippen LogP contribution in [-0.2, 0) is 0 Å². The fourth-order valence-corrected chi connectivity index (χ4v) is 2.78. The zero-order chi connectivity index (χ0) is 15.9. The molecule has 0 spiro atoms. The zero-order valence-electron chi connectivity index (χ0n) is 12.8. The molecule has 0 aromatic heterocycles. The maximum absolute atomic E-state index is 6.00. The molecule has 0 radical (unpaired) electrons. The lowest BCUT2D eigenvalue weighted by atomic mass is 9.97. The van der Waals surface area contributed by atoms with Gasteiger partial charge in [0.25, 0.3) is 0 Å². The third-order valence-corrected chi connectivity index (χ3v) is 3.75. The number of thiocarbonyl (C=S) groups is 1. The normalized spacial score (nSPS) is 12.0. The summed E-state index contributed by atoms with van der Waals surface area (Å²) in [5.74, 6) is 0.576. The first-order chi connectivity index (χ1) is 10.5. The summed E-state index contributed by atoms with van der Waals surface area (Å²) in [5.41, 5.74) is 2.13. The molecule has 0 heterocycles. The van der Waals surface area contributed by atoms with Gasteiger partial charge in [-0.25, -0.2) is 0 Å². The van der Waals surface area contributed by atoms with Gasteiger partial charge in [-0.1, -0.05) is 61.8 Å². The Morgan fingerprint density at radius 1 is 1.09 bits per heavy atom. The summed E-state index contributed by atoms with van der Waals surface area (Å²) in [6, 6.07) is 18.1. The van der Waals surface area contributed by atoms with Crippen LogP contribution in [-0.4, -0.2) is 5.11 Å². The number of rotatable bonds is 5. The monoisotopic (exact) mass is 332 g/mol. The lowest BCUT2D eigenvalue weighted by Gasteiger charge is -2.23. The van der Waals surface area contributed by atoms with Crippen LogP contribution in [0.25, 0.3) is 0 Å². The van der Waals surface area contributed by atoms with Crippen molar-refractivity contribution in [3.63, 3.8) is 0 Å². The number of hydrogen-bond donors (Lipinski definition) is 2.